The van der Waals surface area contributed by atoms with Gasteiger partial charge in [0, 0.05) is 0 Å². The van der Waals surface area contributed by atoms with E-state index in [-0.39, 0.29) is 0 Å². The van der Waals surface area contributed by atoms with E-state index in [1.54, 1.807) is 0 Å². The first-order valence-electron chi connectivity index (χ1n) is 10.0. The van der Waals surface area contributed by atoms with Crippen LogP contribution in [0.4, 0.5) is 0 Å². The molecule has 0 aromatic rings. The van der Waals surface area contributed by atoms with Crippen molar-refractivity contribution in [2.75, 3.05) is 0 Å². The molecule has 0 nitrogen and oxygen atoms in total. The highest BCUT2D eigenvalue weighted by Gasteiger charge is 1.94. The Morgan fingerprint density at radius 1 is 0.476 bits per heavy atom. The second kappa shape index (κ2) is 20.0. The molecule has 0 atom stereocenters. The van der Waals surface area contributed by atoms with E-state index in [1.807, 2.05) is 6.42 Å². The maximum Gasteiger partial charge on any atom is -0.0386 e. The summed E-state index contributed by atoms with van der Waals surface area (Å²) in [4.78, 5) is 0. The van der Waals surface area contributed by atoms with Crippen molar-refractivity contribution < 1.29 is 0 Å². The van der Waals surface area contributed by atoms with Gasteiger partial charge in [0.1, 0.15) is 0 Å². The zero-order valence-corrected chi connectivity index (χ0v) is 15.0. The number of unbranched alkanes of at least 4 members (excludes halogenated alkanes) is 18. The SMILES string of the molecule is [CH2][CH]CCCCCCCCCCCCCCCCCCC. The van der Waals surface area contributed by atoms with Crippen LogP contribution in [0.25, 0.3) is 0 Å². The minimum absolute atomic E-state index is 1.21. The molecule has 0 spiro atoms. The summed E-state index contributed by atoms with van der Waals surface area (Å²) in [6.45, 7) is 6.07. The van der Waals surface area contributed by atoms with E-state index in [1.165, 1.54) is 116 Å². The molecule has 0 aliphatic rings. The molecule has 0 aliphatic heterocycles. The van der Waals surface area contributed by atoms with E-state index < -0.39 is 0 Å². The highest BCUT2D eigenvalue weighted by molar-refractivity contribution is 4.65. The molecule has 0 aromatic heterocycles. The zero-order chi connectivity index (χ0) is 15.4. The van der Waals surface area contributed by atoms with Crippen LogP contribution in [0.15, 0.2) is 0 Å². The Hall–Kier alpha value is 0. The maximum absolute atomic E-state index is 3.77. The van der Waals surface area contributed by atoms with Gasteiger partial charge in [0.25, 0.3) is 0 Å². The lowest BCUT2D eigenvalue weighted by Gasteiger charge is -2.03. The summed E-state index contributed by atoms with van der Waals surface area (Å²) < 4.78 is 0. The normalized spacial score (nSPS) is 11.1. The van der Waals surface area contributed by atoms with Gasteiger partial charge in [0.2, 0.25) is 0 Å². The lowest BCUT2D eigenvalue weighted by molar-refractivity contribution is 0.527. The predicted molar refractivity (Wildman–Crippen MR) is 98.4 cm³/mol. The van der Waals surface area contributed by atoms with Crippen molar-refractivity contribution in [1.82, 2.24) is 0 Å². The molecule has 0 aromatic carbocycles. The van der Waals surface area contributed by atoms with Crippen LogP contribution in [0.5, 0.6) is 0 Å². The molecule has 0 heterocycles. The van der Waals surface area contributed by atoms with Gasteiger partial charge in [-0.3, -0.25) is 0 Å². The largest absolute Gasteiger partial charge is 0.0654 e. The van der Waals surface area contributed by atoms with Gasteiger partial charge in [-0.25, -0.2) is 0 Å². The standard InChI is InChI=1S/C21H42/c1-3-5-7-9-11-13-15-17-19-21-20-18-16-14-12-10-8-6-4-2/h3H,1,4-21H2,2H3. The van der Waals surface area contributed by atoms with Gasteiger partial charge in [-0.15, -0.1) is 0 Å². The van der Waals surface area contributed by atoms with Gasteiger partial charge in [0.15, 0.2) is 0 Å². The summed E-state index contributed by atoms with van der Waals surface area (Å²) in [5, 5.41) is 0. The molecule has 0 N–H and O–H groups in total. The molecule has 21 heavy (non-hydrogen) atoms. The molecule has 0 saturated carbocycles. The summed E-state index contributed by atoms with van der Waals surface area (Å²) in [7, 11) is 0. The molecule has 0 rings (SSSR count). The molecule has 2 radical (unpaired) electrons. The van der Waals surface area contributed by atoms with Crippen molar-refractivity contribution in [1.29, 1.82) is 0 Å². The molecule has 0 heteroatoms. The van der Waals surface area contributed by atoms with E-state index in [0.717, 1.165) is 0 Å². The average molecular weight is 295 g/mol. The van der Waals surface area contributed by atoms with E-state index >= 15 is 0 Å². The molecule has 0 unspecified atom stereocenters. The van der Waals surface area contributed by atoms with Gasteiger partial charge in [-0.1, -0.05) is 122 Å². The molecule has 126 valence electrons. The third kappa shape index (κ3) is 20.0. The van der Waals surface area contributed by atoms with Crippen molar-refractivity contribution >= 4 is 0 Å². The first-order chi connectivity index (χ1) is 10.4. The van der Waals surface area contributed by atoms with Crippen LogP contribution in [-0.2, 0) is 0 Å². The lowest BCUT2D eigenvalue weighted by Crippen LogP contribution is -1.84. The van der Waals surface area contributed by atoms with E-state index in [9.17, 15) is 0 Å². The summed E-state index contributed by atoms with van der Waals surface area (Å²) in [5.41, 5.74) is 0. The molecular formula is C21H42. The minimum atomic E-state index is 1.21. The van der Waals surface area contributed by atoms with Crippen molar-refractivity contribution in [2.24, 2.45) is 0 Å². The Morgan fingerprint density at radius 2 is 0.762 bits per heavy atom. The number of rotatable bonds is 18. The van der Waals surface area contributed by atoms with Crippen LogP contribution in [0.2, 0.25) is 0 Å². The van der Waals surface area contributed by atoms with Crippen LogP contribution < -0.4 is 0 Å². The zero-order valence-electron chi connectivity index (χ0n) is 15.0. The van der Waals surface area contributed by atoms with Crippen LogP contribution in [0.3, 0.4) is 0 Å². The lowest BCUT2D eigenvalue weighted by atomic mass is 10.0. The topological polar surface area (TPSA) is 0 Å². The van der Waals surface area contributed by atoms with Gasteiger partial charge in [-0.05, 0) is 13.3 Å². The Bertz CT molecular complexity index is 143. The number of hydrogen-bond acceptors (Lipinski definition) is 0. The van der Waals surface area contributed by atoms with Gasteiger partial charge < -0.3 is 0 Å². The van der Waals surface area contributed by atoms with Crippen molar-refractivity contribution in [3.8, 4) is 0 Å². The Labute approximate surface area is 136 Å². The van der Waals surface area contributed by atoms with E-state index in [2.05, 4.69) is 13.8 Å². The molecule has 0 fully saturated rings. The van der Waals surface area contributed by atoms with Gasteiger partial charge in [-0.2, -0.15) is 0 Å². The summed E-state index contributed by atoms with van der Waals surface area (Å²) in [5.74, 6) is 0. The molecule has 0 amide bonds. The van der Waals surface area contributed by atoms with Gasteiger partial charge >= 0.3 is 0 Å². The average Bonchev–Trinajstić information content (AvgIpc) is 2.50. The predicted octanol–water partition coefficient (Wildman–Crippen LogP) is 8.07. The van der Waals surface area contributed by atoms with Crippen LogP contribution in [0, 0.1) is 13.3 Å². The Morgan fingerprint density at radius 3 is 1.05 bits per heavy atom. The third-order valence-electron chi connectivity index (χ3n) is 4.51. The quantitative estimate of drug-likeness (QED) is 0.224. The smallest absolute Gasteiger partial charge is 0.0386 e. The summed E-state index contributed by atoms with van der Waals surface area (Å²) in [6, 6.07) is 0. The highest BCUT2D eigenvalue weighted by atomic mass is 14.0. The van der Waals surface area contributed by atoms with Crippen molar-refractivity contribution in [3.63, 3.8) is 0 Å². The minimum Gasteiger partial charge on any atom is -0.0654 e. The van der Waals surface area contributed by atoms with Crippen LogP contribution in [-0.4, -0.2) is 0 Å². The van der Waals surface area contributed by atoms with Crippen molar-refractivity contribution in [3.05, 3.63) is 13.3 Å². The summed E-state index contributed by atoms with van der Waals surface area (Å²) in [6.07, 6.45) is 27.9. The molecule has 0 saturated heterocycles. The Balaban J connectivity index is 2.90. The maximum atomic E-state index is 3.77. The molecular weight excluding hydrogens is 252 g/mol. The fourth-order valence-electron chi connectivity index (χ4n) is 3.01. The second-order valence-electron chi connectivity index (χ2n) is 6.73. The monoisotopic (exact) mass is 294 g/mol. The van der Waals surface area contributed by atoms with E-state index in [4.69, 9.17) is 0 Å². The molecule has 0 bridgehead atoms. The Kier molecular flexibility index (Phi) is 20.0. The third-order valence-corrected chi connectivity index (χ3v) is 4.51. The van der Waals surface area contributed by atoms with Crippen LogP contribution in [0.1, 0.15) is 122 Å². The fraction of sp³-hybridized carbons (Fsp3) is 0.905. The fourth-order valence-corrected chi connectivity index (χ4v) is 3.01. The molecule has 0 aliphatic carbocycles. The van der Waals surface area contributed by atoms with Crippen molar-refractivity contribution in [2.45, 2.75) is 122 Å². The first kappa shape index (κ1) is 21.0. The summed E-state index contributed by atoms with van der Waals surface area (Å²) >= 11 is 0. The van der Waals surface area contributed by atoms with Gasteiger partial charge in [0.05, 0.1) is 0 Å². The highest BCUT2D eigenvalue weighted by Crippen LogP contribution is 2.14. The second-order valence-corrected chi connectivity index (χ2v) is 6.73. The van der Waals surface area contributed by atoms with E-state index in [0.29, 0.717) is 0 Å². The van der Waals surface area contributed by atoms with Crippen LogP contribution >= 0.6 is 0 Å². The first-order valence-corrected chi connectivity index (χ1v) is 10.0. The number of hydrogen-bond donors (Lipinski definition) is 0.